The van der Waals surface area contributed by atoms with Crippen LogP contribution in [0.2, 0.25) is 5.02 Å². The molecule has 0 bridgehead atoms. The Bertz CT molecular complexity index is 849. The van der Waals surface area contributed by atoms with Crippen molar-refractivity contribution in [1.82, 2.24) is 0 Å². The highest BCUT2D eigenvalue weighted by molar-refractivity contribution is 6.31. The zero-order valence-electron chi connectivity index (χ0n) is 11.8. The van der Waals surface area contributed by atoms with Crippen molar-refractivity contribution in [2.45, 2.75) is 0 Å². The van der Waals surface area contributed by atoms with Crippen LogP contribution in [0.15, 0.2) is 59.4 Å². The van der Waals surface area contributed by atoms with Gasteiger partial charge in [-0.25, -0.2) is 4.39 Å². The molecule has 0 spiro atoms. The standard InChI is InChI=1S/C16H11ClFN3O2/c17-10-5-6-15-13(7-10)16(12-3-1-2-4-14(12)18)19-8-11(20-15)9-21(22)23/h1-7,9,20H,8H2/b11-9+. The summed E-state index contributed by atoms with van der Waals surface area (Å²) >= 11 is 6.04. The van der Waals surface area contributed by atoms with Gasteiger partial charge in [0.2, 0.25) is 0 Å². The molecule has 7 heteroatoms. The second kappa shape index (κ2) is 6.18. The van der Waals surface area contributed by atoms with Gasteiger partial charge >= 0.3 is 0 Å². The van der Waals surface area contributed by atoms with Gasteiger partial charge in [0, 0.05) is 21.8 Å². The topological polar surface area (TPSA) is 67.5 Å². The van der Waals surface area contributed by atoms with E-state index in [9.17, 15) is 14.5 Å². The van der Waals surface area contributed by atoms with E-state index in [-0.39, 0.29) is 6.54 Å². The molecule has 1 N–H and O–H groups in total. The summed E-state index contributed by atoms with van der Waals surface area (Å²) in [6.45, 7) is 0.0386. The normalized spacial score (nSPS) is 15.4. The Morgan fingerprint density at radius 1 is 1.26 bits per heavy atom. The number of benzodiazepines with no additional fused rings is 1. The van der Waals surface area contributed by atoms with Crippen LogP contribution in [0.3, 0.4) is 0 Å². The predicted octanol–water partition coefficient (Wildman–Crippen LogP) is 3.86. The number of benzene rings is 2. The summed E-state index contributed by atoms with van der Waals surface area (Å²) < 4.78 is 14.2. The fourth-order valence-electron chi connectivity index (χ4n) is 2.37. The van der Waals surface area contributed by atoms with E-state index in [1.54, 1.807) is 36.4 Å². The molecule has 2 aromatic rings. The summed E-state index contributed by atoms with van der Waals surface area (Å²) in [5.41, 5.74) is 2.21. The van der Waals surface area contributed by atoms with Gasteiger partial charge in [0.05, 0.1) is 17.2 Å². The van der Waals surface area contributed by atoms with Crippen LogP contribution in [-0.4, -0.2) is 17.2 Å². The van der Waals surface area contributed by atoms with Crippen molar-refractivity contribution in [3.8, 4) is 0 Å². The Labute approximate surface area is 136 Å². The van der Waals surface area contributed by atoms with E-state index in [4.69, 9.17) is 11.6 Å². The number of fused-ring (bicyclic) bond motifs is 1. The lowest BCUT2D eigenvalue weighted by Crippen LogP contribution is -2.07. The fourth-order valence-corrected chi connectivity index (χ4v) is 2.54. The minimum atomic E-state index is -0.554. The molecular weight excluding hydrogens is 321 g/mol. The zero-order valence-corrected chi connectivity index (χ0v) is 12.5. The maximum Gasteiger partial charge on any atom is 0.255 e. The van der Waals surface area contributed by atoms with Gasteiger partial charge < -0.3 is 5.32 Å². The minimum Gasteiger partial charge on any atom is -0.352 e. The average Bonchev–Trinajstić information content (AvgIpc) is 2.66. The van der Waals surface area contributed by atoms with E-state index in [1.165, 1.54) is 6.07 Å². The van der Waals surface area contributed by atoms with Crippen LogP contribution >= 0.6 is 11.6 Å². The first-order valence-electron chi connectivity index (χ1n) is 6.75. The van der Waals surface area contributed by atoms with Crippen LogP contribution in [0, 0.1) is 15.9 Å². The predicted molar refractivity (Wildman–Crippen MR) is 87.1 cm³/mol. The van der Waals surface area contributed by atoms with Gasteiger partial charge in [0.1, 0.15) is 11.5 Å². The number of hydrogen-bond donors (Lipinski definition) is 1. The van der Waals surface area contributed by atoms with Crippen LogP contribution < -0.4 is 5.32 Å². The van der Waals surface area contributed by atoms with Crippen LogP contribution in [0.5, 0.6) is 0 Å². The highest BCUT2D eigenvalue weighted by Crippen LogP contribution is 2.28. The van der Waals surface area contributed by atoms with Gasteiger partial charge in [0.25, 0.3) is 6.20 Å². The van der Waals surface area contributed by atoms with Crippen molar-refractivity contribution < 1.29 is 9.31 Å². The maximum absolute atomic E-state index is 14.2. The lowest BCUT2D eigenvalue weighted by Gasteiger charge is -2.11. The SMILES string of the molecule is O=[N+]([O-])/C=C1\CN=C(c2ccccc2F)c2cc(Cl)ccc2N1. The number of nitrogens with one attached hydrogen (secondary N) is 1. The van der Waals surface area contributed by atoms with E-state index < -0.39 is 10.7 Å². The largest absolute Gasteiger partial charge is 0.352 e. The van der Waals surface area contributed by atoms with Crippen molar-refractivity contribution in [1.29, 1.82) is 0 Å². The summed E-state index contributed by atoms with van der Waals surface area (Å²) in [6.07, 6.45) is 0.853. The first-order chi connectivity index (χ1) is 11.0. The molecule has 0 saturated heterocycles. The number of hydrogen-bond acceptors (Lipinski definition) is 4. The van der Waals surface area contributed by atoms with Gasteiger partial charge in [-0.05, 0) is 30.3 Å². The number of halogens is 2. The Morgan fingerprint density at radius 2 is 2.04 bits per heavy atom. The second-order valence-corrected chi connectivity index (χ2v) is 5.34. The van der Waals surface area contributed by atoms with E-state index in [0.717, 1.165) is 6.20 Å². The van der Waals surface area contributed by atoms with E-state index in [0.29, 0.717) is 33.2 Å². The van der Waals surface area contributed by atoms with Crippen LogP contribution in [0.1, 0.15) is 11.1 Å². The summed E-state index contributed by atoms with van der Waals surface area (Å²) in [7, 11) is 0. The molecule has 0 aromatic heterocycles. The fraction of sp³-hybridized carbons (Fsp3) is 0.0625. The van der Waals surface area contributed by atoms with Crippen molar-refractivity contribution >= 4 is 23.0 Å². The number of aliphatic imine (C=N–C) groups is 1. The van der Waals surface area contributed by atoms with Crippen molar-refractivity contribution in [2.75, 3.05) is 11.9 Å². The Hall–Kier alpha value is -2.73. The molecule has 0 amide bonds. The molecule has 1 aliphatic heterocycles. The number of nitrogens with zero attached hydrogens (tertiary/aromatic N) is 2. The molecule has 2 aromatic carbocycles. The third-order valence-electron chi connectivity index (χ3n) is 3.33. The summed E-state index contributed by atoms with van der Waals surface area (Å²) in [4.78, 5) is 14.5. The highest BCUT2D eigenvalue weighted by atomic mass is 35.5. The molecular formula is C16H11ClFN3O2. The second-order valence-electron chi connectivity index (χ2n) is 4.90. The third kappa shape index (κ3) is 3.22. The highest BCUT2D eigenvalue weighted by Gasteiger charge is 2.20. The molecule has 0 aliphatic carbocycles. The summed E-state index contributed by atoms with van der Waals surface area (Å²) in [5, 5.41) is 14.1. The van der Waals surface area contributed by atoms with Gasteiger partial charge in [-0.3, -0.25) is 15.1 Å². The number of rotatable bonds is 2. The van der Waals surface area contributed by atoms with Gasteiger partial charge in [0.15, 0.2) is 0 Å². The molecule has 5 nitrogen and oxygen atoms in total. The maximum atomic E-state index is 14.2. The van der Waals surface area contributed by atoms with Crippen LogP contribution in [0.25, 0.3) is 0 Å². The summed E-state index contributed by atoms with van der Waals surface area (Å²) in [6, 6.07) is 11.2. The molecule has 3 rings (SSSR count). The van der Waals surface area contributed by atoms with E-state index in [2.05, 4.69) is 10.3 Å². The first kappa shape index (κ1) is 15.2. The smallest absolute Gasteiger partial charge is 0.255 e. The van der Waals surface area contributed by atoms with Crippen molar-refractivity contribution in [2.24, 2.45) is 4.99 Å². The monoisotopic (exact) mass is 331 g/mol. The molecule has 23 heavy (non-hydrogen) atoms. The van der Waals surface area contributed by atoms with Crippen molar-refractivity contribution in [3.63, 3.8) is 0 Å². The molecule has 1 aliphatic rings. The van der Waals surface area contributed by atoms with Crippen molar-refractivity contribution in [3.05, 3.63) is 86.4 Å². The first-order valence-corrected chi connectivity index (χ1v) is 7.13. The Morgan fingerprint density at radius 3 is 2.78 bits per heavy atom. The van der Waals surface area contributed by atoms with E-state index >= 15 is 0 Å². The van der Waals surface area contributed by atoms with Gasteiger partial charge in [-0.1, -0.05) is 23.7 Å². The zero-order chi connectivity index (χ0) is 16.4. The molecule has 116 valence electrons. The lowest BCUT2D eigenvalue weighted by molar-refractivity contribution is -0.403. The summed E-state index contributed by atoms with van der Waals surface area (Å²) in [5.74, 6) is -0.418. The third-order valence-corrected chi connectivity index (χ3v) is 3.56. The molecule has 0 atom stereocenters. The van der Waals surface area contributed by atoms with Gasteiger partial charge in [-0.2, -0.15) is 0 Å². The Kier molecular flexibility index (Phi) is 4.08. The Balaban J connectivity index is 2.19. The number of nitro groups is 1. The van der Waals surface area contributed by atoms with E-state index in [1.807, 2.05) is 0 Å². The quantitative estimate of drug-likeness (QED) is 0.671. The lowest BCUT2D eigenvalue weighted by atomic mass is 10.00. The van der Waals surface area contributed by atoms with Gasteiger partial charge in [-0.15, -0.1) is 0 Å². The average molecular weight is 332 g/mol. The minimum absolute atomic E-state index is 0.0386. The van der Waals surface area contributed by atoms with Crippen LogP contribution in [-0.2, 0) is 0 Å². The molecule has 0 fully saturated rings. The molecule has 0 saturated carbocycles. The molecule has 0 unspecified atom stereocenters. The molecule has 0 radical (unpaired) electrons. The van der Waals surface area contributed by atoms with Crippen LogP contribution in [0.4, 0.5) is 10.1 Å². The number of anilines is 1. The molecule has 1 heterocycles.